The number of aromatic nitrogens is 1. The maximum absolute atomic E-state index is 13.8. The fraction of sp³-hybridized carbons (Fsp3) is 0.455. The summed E-state index contributed by atoms with van der Waals surface area (Å²) in [4.78, 5) is 70.6. The number of ether oxygens (including phenoxy) is 1. The quantitative estimate of drug-likeness (QED) is 0.187. The van der Waals surface area contributed by atoms with Crippen molar-refractivity contribution in [1.82, 2.24) is 26.3 Å². The number of carbonyl (C=O) groups excluding carboxylic acids is 5. The van der Waals surface area contributed by atoms with Crippen molar-refractivity contribution in [3.05, 3.63) is 59.6 Å². The second-order valence-electron chi connectivity index (χ2n) is 12.0. The zero-order valence-corrected chi connectivity index (χ0v) is 26.8. The van der Waals surface area contributed by atoms with E-state index in [0.717, 1.165) is 4.70 Å². The molecule has 4 rings (SSSR count). The molecule has 4 amide bonds. The van der Waals surface area contributed by atoms with Gasteiger partial charge in [0.25, 0.3) is 5.91 Å². The Balaban J connectivity index is 1.48. The molecule has 0 radical (unpaired) electrons. The van der Waals surface area contributed by atoms with Crippen LogP contribution in [0.4, 0.5) is 0 Å². The van der Waals surface area contributed by atoms with E-state index in [-0.39, 0.29) is 41.6 Å². The molecule has 2 heterocycles. The van der Waals surface area contributed by atoms with Crippen molar-refractivity contribution in [2.24, 2.45) is 17.8 Å². The molecule has 12 heteroatoms. The van der Waals surface area contributed by atoms with Crippen molar-refractivity contribution < 1.29 is 28.7 Å². The number of hydrogen-bond donors (Lipinski definition) is 4. The number of fused-ring (bicyclic) bond motifs is 1. The van der Waals surface area contributed by atoms with Gasteiger partial charge in [-0.25, -0.2) is 4.98 Å². The van der Waals surface area contributed by atoms with E-state index in [2.05, 4.69) is 26.3 Å². The molecule has 1 aliphatic rings. The normalized spacial score (nSPS) is 16.6. The minimum Gasteiger partial charge on any atom is -0.484 e. The molecule has 1 aliphatic heterocycles. The first-order chi connectivity index (χ1) is 21.5. The number of hydrogen-bond acceptors (Lipinski definition) is 8. The Morgan fingerprint density at radius 2 is 1.62 bits per heavy atom. The lowest BCUT2D eigenvalue weighted by Crippen LogP contribution is -2.57. The average Bonchev–Trinajstić information content (AvgIpc) is 3.63. The third kappa shape index (κ3) is 9.34. The molecule has 4 atom stereocenters. The van der Waals surface area contributed by atoms with Crippen LogP contribution >= 0.6 is 11.3 Å². The molecule has 0 bridgehead atoms. The Morgan fingerprint density at radius 1 is 0.933 bits per heavy atom. The van der Waals surface area contributed by atoms with Crippen LogP contribution in [0.15, 0.2) is 54.6 Å². The molecule has 3 aromatic rings. The van der Waals surface area contributed by atoms with Crippen LogP contribution in [0.5, 0.6) is 5.75 Å². The van der Waals surface area contributed by atoms with E-state index in [0.29, 0.717) is 30.7 Å². The largest absolute Gasteiger partial charge is 0.484 e. The molecule has 1 fully saturated rings. The first-order valence-electron chi connectivity index (χ1n) is 15.3. The van der Waals surface area contributed by atoms with Gasteiger partial charge in [0.05, 0.1) is 16.3 Å². The molecule has 45 heavy (non-hydrogen) atoms. The second-order valence-corrected chi connectivity index (χ2v) is 13.0. The van der Waals surface area contributed by atoms with Gasteiger partial charge in [-0.3, -0.25) is 24.0 Å². The van der Waals surface area contributed by atoms with Gasteiger partial charge in [0.1, 0.15) is 17.8 Å². The van der Waals surface area contributed by atoms with Crippen molar-refractivity contribution in [2.75, 3.05) is 13.2 Å². The molecular weight excluding hydrogens is 594 g/mol. The van der Waals surface area contributed by atoms with Gasteiger partial charge in [0.2, 0.25) is 23.5 Å². The summed E-state index contributed by atoms with van der Waals surface area (Å²) < 4.78 is 6.35. The number of rotatable bonds is 15. The average molecular weight is 636 g/mol. The zero-order valence-electron chi connectivity index (χ0n) is 26.0. The third-order valence-corrected chi connectivity index (χ3v) is 8.59. The summed E-state index contributed by atoms with van der Waals surface area (Å²) in [5.74, 6) is -2.28. The Kier molecular flexibility index (Phi) is 11.6. The summed E-state index contributed by atoms with van der Waals surface area (Å²) in [6.07, 6.45) is 0.953. The standard InChI is InChI=1S/C33H41N5O6S/c1-19(2)16-25(36-32(43)28(20(3)4)38-27(39)18-44-22-10-6-5-7-11-22)31(42)35-24(17-21-14-15-34-30(21)41)29(40)33-37-23-12-8-9-13-26(23)45-33/h5-13,19-21,24-25,28H,14-18H2,1-4H3,(H,34,41)(H,35,42)(H,36,43)(H,38,39)/t21-,24-,25-,28-/m1/s1. The van der Waals surface area contributed by atoms with Crippen LogP contribution in [0, 0.1) is 17.8 Å². The van der Waals surface area contributed by atoms with Crippen LogP contribution < -0.4 is 26.0 Å². The number of nitrogens with one attached hydrogen (secondary N) is 4. The van der Waals surface area contributed by atoms with E-state index < -0.39 is 41.8 Å². The van der Waals surface area contributed by atoms with Gasteiger partial charge in [0, 0.05) is 12.5 Å². The van der Waals surface area contributed by atoms with Gasteiger partial charge in [-0.15, -0.1) is 11.3 Å². The molecule has 11 nitrogen and oxygen atoms in total. The number of ketones is 1. The van der Waals surface area contributed by atoms with Crippen molar-refractivity contribution in [3.63, 3.8) is 0 Å². The third-order valence-electron chi connectivity index (χ3n) is 7.54. The number of carbonyl (C=O) groups is 5. The molecule has 4 N–H and O–H groups in total. The van der Waals surface area contributed by atoms with E-state index in [9.17, 15) is 24.0 Å². The van der Waals surface area contributed by atoms with Gasteiger partial charge in [0.15, 0.2) is 11.6 Å². The maximum atomic E-state index is 13.8. The topological polar surface area (TPSA) is 156 Å². The Hall–Kier alpha value is -4.32. The van der Waals surface area contributed by atoms with Gasteiger partial charge in [-0.2, -0.15) is 0 Å². The summed E-state index contributed by atoms with van der Waals surface area (Å²) in [6, 6.07) is 13.3. The fourth-order valence-electron chi connectivity index (χ4n) is 5.17. The Morgan fingerprint density at radius 3 is 2.27 bits per heavy atom. The highest BCUT2D eigenvalue weighted by Gasteiger charge is 2.35. The molecule has 0 aliphatic carbocycles. The fourth-order valence-corrected chi connectivity index (χ4v) is 6.13. The van der Waals surface area contributed by atoms with E-state index >= 15 is 0 Å². The molecular formula is C33H41N5O6S. The Bertz CT molecular complexity index is 1470. The summed E-state index contributed by atoms with van der Waals surface area (Å²) in [6.45, 7) is 7.65. The molecule has 2 aromatic carbocycles. The first kappa shape index (κ1) is 33.6. The predicted octanol–water partition coefficient (Wildman–Crippen LogP) is 3.24. The molecule has 1 saturated heterocycles. The van der Waals surface area contributed by atoms with E-state index in [1.54, 1.807) is 38.1 Å². The van der Waals surface area contributed by atoms with Crippen molar-refractivity contribution in [1.29, 1.82) is 0 Å². The monoisotopic (exact) mass is 635 g/mol. The van der Waals surface area contributed by atoms with Gasteiger partial charge < -0.3 is 26.0 Å². The minimum atomic E-state index is -1.02. The van der Waals surface area contributed by atoms with Crippen LogP contribution in [0.1, 0.15) is 56.8 Å². The van der Waals surface area contributed by atoms with Crippen molar-refractivity contribution >= 4 is 51.0 Å². The SMILES string of the molecule is CC(C)C[C@@H](NC(=O)[C@H](NC(=O)COc1ccccc1)C(C)C)C(=O)N[C@H](C[C@H]1CCNC1=O)C(=O)c1nc2ccccc2s1. The van der Waals surface area contributed by atoms with E-state index in [4.69, 9.17) is 4.74 Å². The number of thiazole rings is 1. The maximum Gasteiger partial charge on any atom is 0.258 e. The number of nitrogens with zero attached hydrogens (tertiary/aromatic N) is 1. The highest BCUT2D eigenvalue weighted by atomic mass is 32.1. The zero-order chi connectivity index (χ0) is 32.5. The molecule has 1 aromatic heterocycles. The second kappa shape index (κ2) is 15.6. The highest BCUT2D eigenvalue weighted by molar-refractivity contribution is 7.20. The van der Waals surface area contributed by atoms with Gasteiger partial charge in [-0.1, -0.05) is 58.0 Å². The van der Waals surface area contributed by atoms with Crippen LogP contribution in [-0.4, -0.2) is 65.7 Å². The van der Waals surface area contributed by atoms with E-state index in [1.807, 2.05) is 44.2 Å². The molecule has 0 unspecified atom stereocenters. The molecule has 0 spiro atoms. The van der Waals surface area contributed by atoms with Gasteiger partial charge in [-0.05, 0) is 55.4 Å². The van der Waals surface area contributed by atoms with Crippen molar-refractivity contribution in [3.8, 4) is 5.75 Å². The lowest BCUT2D eigenvalue weighted by Gasteiger charge is -2.27. The highest BCUT2D eigenvalue weighted by Crippen LogP contribution is 2.25. The predicted molar refractivity (Wildman–Crippen MR) is 172 cm³/mol. The number of Topliss-reactive ketones (excluding diaryl/α,β-unsaturated/α-hetero) is 1. The number of para-hydroxylation sites is 2. The lowest BCUT2D eigenvalue weighted by molar-refractivity contribution is -0.134. The van der Waals surface area contributed by atoms with Crippen molar-refractivity contribution in [2.45, 2.75) is 65.1 Å². The summed E-state index contributed by atoms with van der Waals surface area (Å²) in [7, 11) is 0. The van der Waals surface area contributed by atoms with Crippen LogP contribution in [-0.2, 0) is 19.2 Å². The van der Waals surface area contributed by atoms with Crippen LogP contribution in [0.25, 0.3) is 10.2 Å². The lowest BCUT2D eigenvalue weighted by atomic mass is 9.94. The molecule has 240 valence electrons. The summed E-state index contributed by atoms with van der Waals surface area (Å²) in [5.41, 5.74) is 0.676. The number of amides is 4. The molecule has 0 saturated carbocycles. The van der Waals surface area contributed by atoms with E-state index in [1.165, 1.54) is 11.3 Å². The minimum absolute atomic E-state index is 0.0198. The number of benzene rings is 2. The van der Waals surface area contributed by atoms with Crippen LogP contribution in [0.3, 0.4) is 0 Å². The van der Waals surface area contributed by atoms with Gasteiger partial charge >= 0.3 is 0 Å². The summed E-state index contributed by atoms with van der Waals surface area (Å²) >= 11 is 1.23. The smallest absolute Gasteiger partial charge is 0.258 e. The summed E-state index contributed by atoms with van der Waals surface area (Å²) in [5, 5.41) is 11.4. The Labute approximate surface area is 266 Å². The van der Waals surface area contributed by atoms with Crippen LogP contribution in [0.2, 0.25) is 0 Å². The first-order valence-corrected chi connectivity index (χ1v) is 16.1.